The highest BCUT2D eigenvalue weighted by molar-refractivity contribution is 6.05. The Kier molecular flexibility index (Phi) is 9.29. The number of carbonyl (C=O) groups excluding carboxylic acids is 4. The summed E-state index contributed by atoms with van der Waals surface area (Å²) in [5.74, 6) is -0.394. The molecule has 4 amide bonds. The summed E-state index contributed by atoms with van der Waals surface area (Å²) in [6.45, 7) is 6.96. The number of hydrogen-bond acceptors (Lipinski definition) is 7. The van der Waals surface area contributed by atoms with Crippen LogP contribution in [0.5, 0.6) is 11.5 Å². The van der Waals surface area contributed by atoms with Gasteiger partial charge in [0.25, 0.3) is 5.91 Å². The molecule has 3 atom stereocenters. The molecule has 0 saturated carbocycles. The van der Waals surface area contributed by atoms with E-state index in [9.17, 15) is 19.2 Å². The van der Waals surface area contributed by atoms with Crippen molar-refractivity contribution in [3.05, 3.63) is 53.7 Å². The second-order valence-electron chi connectivity index (χ2n) is 10.6. The maximum atomic E-state index is 13.4. The monoisotopic (exact) mass is 575 g/mol. The number of anilines is 1. The van der Waals surface area contributed by atoms with Crippen LogP contribution in [0.4, 0.5) is 11.4 Å². The van der Waals surface area contributed by atoms with Gasteiger partial charge < -0.3 is 30.3 Å². The van der Waals surface area contributed by atoms with Crippen molar-refractivity contribution in [2.45, 2.75) is 58.7 Å². The minimum atomic E-state index is -0.818. The summed E-state index contributed by atoms with van der Waals surface area (Å²) >= 11 is 0. The van der Waals surface area contributed by atoms with Crippen LogP contribution in [-0.4, -0.2) is 67.1 Å². The minimum Gasteiger partial charge on any atom is -0.493 e. The third-order valence-corrected chi connectivity index (χ3v) is 7.30. The molecule has 0 spiro atoms. The topological polar surface area (TPSA) is 138 Å². The molecule has 0 aliphatic carbocycles. The molecule has 11 nitrogen and oxygen atoms in total. The smallest absolute Gasteiger partial charge is 0.260 e. The Labute approximate surface area is 245 Å². The molecule has 3 N–H and O–H groups in total. The summed E-state index contributed by atoms with van der Waals surface area (Å²) in [7, 11) is 3.06. The molecule has 0 bridgehead atoms. The van der Waals surface area contributed by atoms with E-state index in [-0.39, 0.29) is 36.1 Å². The Morgan fingerprint density at radius 1 is 1.00 bits per heavy atom. The third kappa shape index (κ3) is 6.45. The number of carbonyl (C=O) groups is 4. The molecule has 0 aromatic heterocycles. The second kappa shape index (κ2) is 12.9. The van der Waals surface area contributed by atoms with Crippen LogP contribution in [0, 0.1) is 5.92 Å². The molecule has 2 aromatic rings. The van der Waals surface area contributed by atoms with Crippen molar-refractivity contribution in [1.82, 2.24) is 15.5 Å². The van der Waals surface area contributed by atoms with Crippen molar-refractivity contribution in [3.8, 4) is 11.5 Å². The van der Waals surface area contributed by atoms with E-state index in [1.807, 2.05) is 32.2 Å². The lowest BCUT2D eigenvalue weighted by Gasteiger charge is -2.23. The van der Waals surface area contributed by atoms with E-state index in [1.165, 1.54) is 14.2 Å². The first kappa shape index (κ1) is 30.3. The highest BCUT2D eigenvalue weighted by atomic mass is 16.5. The molecule has 3 unspecified atom stereocenters. The van der Waals surface area contributed by atoms with E-state index in [4.69, 9.17) is 9.47 Å². The first-order chi connectivity index (χ1) is 20.1. The van der Waals surface area contributed by atoms with Crippen LogP contribution in [0.2, 0.25) is 0 Å². The van der Waals surface area contributed by atoms with Crippen LogP contribution in [0.15, 0.2) is 47.6 Å². The fourth-order valence-corrected chi connectivity index (χ4v) is 4.82. The van der Waals surface area contributed by atoms with Gasteiger partial charge >= 0.3 is 0 Å². The summed E-state index contributed by atoms with van der Waals surface area (Å²) in [6.07, 6.45) is 4.44. The lowest BCUT2D eigenvalue weighted by Crippen LogP contribution is -2.53. The van der Waals surface area contributed by atoms with Crippen LogP contribution < -0.4 is 25.4 Å². The Morgan fingerprint density at radius 3 is 2.29 bits per heavy atom. The van der Waals surface area contributed by atoms with Gasteiger partial charge in [0, 0.05) is 37.0 Å². The number of benzene rings is 2. The Balaban J connectivity index is 1.41. The van der Waals surface area contributed by atoms with Crippen molar-refractivity contribution >= 4 is 46.8 Å². The number of methoxy groups -OCH3 is 2. The fourth-order valence-electron chi connectivity index (χ4n) is 4.82. The fraction of sp³-hybridized carbons (Fsp3) is 0.387. The van der Waals surface area contributed by atoms with Gasteiger partial charge in [-0.15, -0.1) is 0 Å². The van der Waals surface area contributed by atoms with E-state index >= 15 is 0 Å². The molecular weight excluding hydrogens is 538 g/mol. The van der Waals surface area contributed by atoms with Gasteiger partial charge in [0.1, 0.15) is 12.1 Å². The van der Waals surface area contributed by atoms with Crippen LogP contribution in [-0.2, 0) is 14.4 Å². The summed E-state index contributed by atoms with van der Waals surface area (Å²) in [5.41, 5.74) is 3.37. The maximum absolute atomic E-state index is 13.4. The van der Waals surface area contributed by atoms with Crippen LogP contribution >= 0.6 is 0 Å². The van der Waals surface area contributed by atoms with Gasteiger partial charge in [-0.25, -0.2) is 0 Å². The average molecular weight is 576 g/mol. The predicted molar refractivity (Wildman–Crippen MR) is 160 cm³/mol. The molecule has 4 rings (SSSR count). The van der Waals surface area contributed by atoms with Gasteiger partial charge in [-0.1, -0.05) is 32.9 Å². The number of fused-ring (bicyclic) bond motifs is 2. The summed E-state index contributed by atoms with van der Waals surface area (Å²) in [4.78, 5) is 57.0. The number of hydrogen-bond donors (Lipinski definition) is 3. The lowest BCUT2D eigenvalue weighted by atomic mass is 10.0. The van der Waals surface area contributed by atoms with Crippen LogP contribution in [0.25, 0.3) is 5.57 Å². The largest absolute Gasteiger partial charge is 0.493 e. The van der Waals surface area contributed by atoms with E-state index in [0.717, 1.165) is 11.1 Å². The Morgan fingerprint density at radius 2 is 1.67 bits per heavy atom. The minimum absolute atomic E-state index is 0.139. The molecule has 0 fully saturated rings. The zero-order valence-electron chi connectivity index (χ0n) is 24.7. The normalized spacial score (nSPS) is 16.9. The van der Waals surface area contributed by atoms with Crippen molar-refractivity contribution < 1.29 is 28.7 Å². The molecular formula is C31H37N5O6. The Hall–Kier alpha value is -4.67. The van der Waals surface area contributed by atoms with E-state index in [1.54, 1.807) is 49.2 Å². The number of nitrogens with zero attached hydrogens (tertiary/aromatic N) is 2. The zero-order chi connectivity index (χ0) is 30.6. The molecule has 11 heteroatoms. The first-order valence-electron chi connectivity index (χ1n) is 13.9. The van der Waals surface area contributed by atoms with Crippen molar-refractivity contribution in [1.29, 1.82) is 0 Å². The number of aliphatic imine (C=N–C) groups is 1. The first-order valence-corrected chi connectivity index (χ1v) is 13.9. The van der Waals surface area contributed by atoms with Crippen molar-refractivity contribution in [2.75, 3.05) is 19.5 Å². The van der Waals surface area contributed by atoms with Crippen molar-refractivity contribution in [2.24, 2.45) is 10.9 Å². The number of rotatable bonds is 10. The number of amides is 4. The van der Waals surface area contributed by atoms with Crippen molar-refractivity contribution in [3.63, 3.8) is 0 Å². The molecule has 2 aliphatic rings. The van der Waals surface area contributed by atoms with Crippen LogP contribution in [0.3, 0.4) is 0 Å². The standard InChI is InChI=1S/C31H37N5O6/c1-7-27(37)35-28(17(2)3)30(39)33-18(4)29(38)34-21-10-8-19(9-11-21)20-12-22-15-32-24-14-26(42-6)25(41-5)13-23(24)31(40)36(22)16-20/h8-11,13-18,22,28H,7,12H2,1-6H3,(H,33,39)(H,34,38)(H,35,37). The highest BCUT2D eigenvalue weighted by Crippen LogP contribution is 2.39. The molecule has 0 radical (unpaired) electrons. The predicted octanol–water partition coefficient (Wildman–Crippen LogP) is 3.67. The Bertz CT molecular complexity index is 1430. The summed E-state index contributed by atoms with van der Waals surface area (Å²) in [5, 5.41) is 8.20. The molecule has 2 heterocycles. The van der Waals surface area contributed by atoms with E-state index in [2.05, 4.69) is 20.9 Å². The molecule has 0 saturated heterocycles. The van der Waals surface area contributed by atoms with E-state index < -0.39 is 18.0 Å². The highest BCUT2D eigenvalue weighted by Gasteiger charge is 2.33. The van der Waals surface area contributed by atoms with E-state index in [0.29, 0.717) is 34.9 Å². The molecule has 2 aliphatic heterocycles. The van der Waals surface area contributed by atoms with Gasteiger partial charge in [-0.2, -0.15) is 0 Å². The molecule has 2 aromatic carbocycles. The quantitative estimate of drug-likeness (QED) is 0.395. The maximum Gasteiger partial charge on any atom is 0.260 e. The van der Waals surface area contributed by atoms with Gasteiger partial charge in [0.05, 0.1) is 31.5 Å². The van der Waals surface area contributed by atoms with Gasteiger partial charge in [0.15, 0.2) is 11.5 Å². The van der Waals surface area contributed by atoms with Gasteiger partial charge in [-0.3, -0.25) is 24.2 Å². The van der Waals surface area contributed by atoms with Gasteiger partial charge in [-0.05, 0) is 42.2 Å². The lowest BCUT2D eigenvalue weighted by molar-refractivity contribution is -0.131. The third-order valence-electron chi connectivity index (χ3n) is 7.30. The molecule has 42 heavy (non-hydrogen) atoms. The van der Waals surface area contributed by atoms with Gasteiger partial charge in [0.2, 0.25) is 17.7 Å². The number of ether oxygens (including phenoxy) is 2. The number of nitrogens with one attached hydrogen (secondary N) is 3. The average Bonchev–Trinajstić information content (AvgIpc) is 3.37. The SMILES string of the molecule is CCC(=O)NC(C(=O)NC(C)C(=O)Nc1ccc(C2=CN3C(=O)c4cc(OC)c(OC)cc4N=CC3C2)cc1)C(C)C. The molecule has 222 valence electrons. The zero-order valence-corrected chi connectivity index (χ0v) is 24.7. The summed E-state index contributed by atoms with van der Waals surface area (Å²) in [6, 6.07) is 8.84. The summed E-state index contributed by atoms with van der Waals surface area (Å²) < 4.78 is 10.7. The van der Waals surface area contributed by atoms with Crippen LogP contribution in [0.1, 0.15) is 56.5 Å². The second-order valence-corrected chi connectivity index (χ2v) is 10.6.